The van der Waals surface area contributed by atoms with Gasteiger partial charge in [-0.15, -0.1) is 11.3 Å². The van der Waals surface area contributed by atoms with Crippen LogP contribution in [0.25, 0.3) is 10.2 Å². The van der Waals surface area contributed by atoms with Gasteiger partial charge < -0.3 is 5.32 Å². The quantitative estimate of drug-likeness (QED) is 0.749. The largest absolute Gasteiger partial charge is 0.322 e. The molecule has 3 rings (SSSR count). The van der Waals surface area contributed by atoms with Crippen molar-refractivity contribution in [3.8, 4) is 0 Å². The number of carbonyl (C=O) groups is 1. The molecule has 0 unspecified atom stereocenters. The second kappa shape index (κ2) is 5.97. The monoisotopic (exact) mass is 361 g/mol. The number of hydrogen-bond acceptors (Lipinski definition) is 5. The van der Waals surface area contributed by atoms with Crippen LogP contribution in [0.2, 0.25) is 0 Å². The van der Waals surface area contributed by atoms with Crippen LogP contribution in [0.4, 0.5) is 5.69 Å². The number of nitrogens with zero attached hydrogens (tertiary/aromatic N) is 1. The molecule has 0 saturated carbocycles. The van der Waals surface area contributed by atoms with Gasteiger partial charge in [-0.1, -0.05) is 6.07 Å². The van der Waals surface area contributed by atoms with Crippen molar-refractivity contribution < 1.29 is 13.2 Å². The zero-order valence-corrected chi connectivity index (χ0v) is 14.7. The molecule has 8 heteroatoms. The lowest BCUT2D eigenvalue weighted by Gasteiger charge is -2.08. The predicted octanol–water partition coefficient (Wildman–Crippen LogP) is 2.81. The number of nitrogens with two attached hydrogens (primary N) is 1. The van der Waals surface area contributed by atoms with Crippen LogP contribution in [0, 0.1) is 13.8 Å². The Balaban J connectivity index is 1.91. The molecule has 0 aliphatic heterocycles. The van der Waals surface area contributed by atoms with Crippen molar-refractivity contribution in [2.24, 2.45) is 5.14 Å². The van der Waals surface area contributed by atoms with E-state index in [2.05, 4.69) is 10.3 Å². The van der Waals surface area contributed by atoms with Crippen molar-refractivity contribution in [1.82, 2.24) is 4.98 Å². The highest BCUT2D eigenvalue weighted by Crippen LogP contribution is 2.25. The zero-order valence-electron chi connectivity index (χ0n) is 13.0. The summed E-state index contributed by atoms with van der Waals surface area (Å²) >= 11 is 1.54. The second-order valence-corrected chi connectivity index (χ2v) is 8.16. The Morgan fingerprint density at radius 2 is 1.92 bits per heavy atom. The Hall–Kier alpha value is -2.29. The van der Waals surface area contributed by atoms with Gasteiger partial charge in [-0.2, -0.15) is 0 Å². The molecule has 0 fully saturated rings. The van der Waals surface area contributed by atoms with E-state index < -0.39 is 15.9 Å². The van der Waals surface area contributed by atoms with Crippen molar-refractivity contribution >= 4 is 43.2 Å². The Morgan fingerprint density at radius 1 is 1.17 bits per heavy atom. The summed E-state index contributed by atoms with van der Waals surface area (Å²) in [5.41, 5.74) is 2.22. The van der Waals surface area contributed by atoms with Crippen molar-refractivity contribution in [3.05, 3.63) is 52.5 Å². The first-order valence-electron chi connectivity index (χ1n) is 7.06. The van der Waals surface area contributed by atoms with Gasteiger partial charge in [0.2, 0.25) is 10.0 Å². The standard InChI is InChI=1S/C16H15N3O3S2/c1-9-3-4-11(7-15(9)24(17,21)22)16(20)19-12-5-6-13-14(8-12)23-10(2)18-13/h3-8H,1-2H3,(H,19,20)(H2,17,21,22). The van der Waals surface area contributed by atoms with Crippen LogP contribution >= 0.6 is 11.3 Å². The van der Waals surface area contributed by atoms with Crippen LogP contribution in [0.5, 0.6) is 0 Å². The number of primary sulfonamides is 1. The van der Waals surface area contributed by atoms with E-state index in [-0.39, 0.29) is 10.5 Å². The summed E-state index contributed by atoms with van der Waals surface area (Å²) in [6.07, 6.45) is 0. The topological polar surface area (TPSA) is 102 Å². The molecule has 0 radical (unpaired) electrons. The minimum Gasteiger partial charge on any atom is -0.322 e. The molecular weight excluding hydrogens is 346 g/mol. The first-order chi connectivity index (χ1) is 11.2. The van der Waals surface area contributed by atoms with Crippen molar-refractivity contribution in [3.63, 3.8) is 0 Å². The number of thiazole rings is 1. The minimum absolute atomic E-state index is 0.0521. The van der Waals surface area contributed by atoms with Gasteiger partial charge in [0.1, 0.15) is 0 Å². The summed E-state index contributed by atoms with van der Waals surface area (Å²) < 4.78 is 24.1. The molecule has 3 aromatic rings. The third-order valence-electron chi connectivity index (χ3n) is 3.51. The van der Waals surface area contributed by atoms with E-state index in [1.165, 1.54) is 17.4 Å². The van der Waals surface area contributed by atoms with Gasteiger partial charge in [0.05, 0.1) is 20.1 Å². The number of anilines is 1. The Labute approximate surface area is 143 Å². The molecule has 1 amide bonds. The summed E-state index contributed by atoms with van der Waals surface area (Å²) in [5.74, 6) is -0.402. The second-order valence-electron chi connectivity index (χ2n) is 5.39. The number of hydrogen-bond donors (Lipinski definition) is 2. The highest BCUT2D eigenvalue weighted by molar-refractivity contribution is 7.89. The lowest BCUT2D eigenvalue weighted by Crippen LogP contribution is -2.17. The number of fused-ring (bicyclic) bond motifs is 1. The zero-order chi connectivity index (χ0) is 17.5. The van der Waals surface area contributed by atoms with E-state index in [9.17, 15) is 13.2 Å². The summed E-state index contributed by atoms with van der Waals surface area (Å²) in [7, 11) is -3.88. The highest BCUT2D eigenvalue weighted by Gasteiger charge is 2.15. The lowest BCUT2D eigenvalue weighted by atomic mass is 10.1. The number of aromatic nitrogens is 1. The maximum atomic E-state index is 12.4. The first kappa shape index (κ1) is 16.6. The normalized spacial score (nSPS) is 11.6. The van der Waals surface area contributed by atoms with Crippen molar-refractivity contribution in [2.75, 3.05) is 5.32 Å². The molecule has 6 nitrogen and oxygen atoms in total. The number of rotatable bonds is 3. The molecule has 0 spiro atoms. The molecule has 2 aromatic carbocycles. The average molecular weight is 361 g/mol. The molecule has 1 aromatic heterocycles. The van der Waals surface area contributed by atoms with Gasteiger partial charge in [0, 0.05) is 11.3 Å². The first-order valence-corrected chi connectivity index (χ1v) is 9.42. The smallest absolute Gasteiger partial charge is 0.255 e. The highest BCUT2D eigenvalue weighted by atomic mass is 32.2. The van der Waals surface area contributed by atoms with Crippen LogP contribution in [0.1, 0.15) is 20.9 Å². The van der Waals surface area contributed by atoms with Gasteiger partial charge in [-0.3, -0.25) is 4.79 Å². The van der Waals surface area contributed by atoms with Crippen molar-refractivity contribution in [2.45, 2.75) is 18.7 Å². The number of benzene rings is 2. The van der Waals surface area contributed by atoms with Crippen LogP contribution in [0.3, 0.4) is 0 Å². The number of aryl methyl sites for hydroxylation is 2. The third-order valence-corrected chi connectivity index (χ3v) is 5.50. The SMILES string of the molecule is Cc1nc2ccc(NC(=O)c3ccc(C)c(S(N)(=O)=O)c3)cc2s1. The number of carbonyl (C=O) groups excluding carboxylic acids is 1. The van der Waals surface area contributed by atoms with Gasteiger partial charge >= 0.3 is 0 Å². The summed E-state index contributed by atoms with van der Waals surface area (Å²) in [5, 5.41) is 8.89. The number of nitrogens with one attached hydrogen (secondary N) is 1. The Bertz CT molecular complexity index is 1060. The minimum atomic E-state index is -3.88. The maximum Gasteiger partial charge on any atom is 0.255 e. The van der Waals surface area contributed by atoms with E-state index in [4.69, 9.17) is 5.14 Å². The van der Waals surface area contributed by atoms with E-state index >= 15 is 0 Å². The Kier molecular flexibility index (Phi) is 4.12. The molecule has 0 aliphatic carbocycles. The Morgan fingerprint density at radius 3 is 2.62 bits per heavy atom. The summed E-state index contributed by atoms with van der Waals surface area (Å²) in [6.45, 7) is 3.55. The molecule has 24 heavy (non-hydrogen) atoms. The van der Waals surface area contributed by atoms with Gasteiger partial charge in [-0.05, 0) is 49.7 Å². The third kappa shape index (κ3) is 3.30. The van der Waals surface area contributed by atoms with Gasteiger partial charge in [0.15, 0.2) is 0 Å². The molecule has 124 valence electrons. The predicted molar refractivity (Wildman–Crippen MR) is 94.9 cm³/mol. The fourth-order valence-corrected chi connectivity index (χ4v) is 4.04. The van der Waals surface area contributed by atoms with E-state index in [1.807, 2.05) is 19.1 Å². The van der Waals surface area contributed by atoms with Crippen molar-refractivity contribution in [1.29, 1.82) is 0 Å². The molecular formula is C16H15N3O3S2. The van der Waals surface area contributed by atoms with Crippen LogP contribution in [0.15, 0.2) is 41.3 Å². The fraction of sp³-hybridized carbons (Fsp3) is 0.125. The molecule has 0 bridgehead atoms. The maximum absolute atomic E-state index is 12.4. The molecule has 0 saturated heterocycles. The molecule has 1 heterocycles. The van der Waals surface area contributed by atoms with Crippen LogP contribution in [-0.4, -0.2) is 19.3 Å². The molecule has 0 atom stereocenters. The van der Waals surface area contributed by atoms with E-state index in [0.717, 1.165) is 15.2 Å². The number of sulfonamides is 1. The summed E-state index contributed by atoms with van der Waals surface area (Å²) in [6, 6.07) is 9.84. The van der Waals surface area contributed by atoms with E-state index in [1.54, 1.807) is 25.1 Å². The number of amides is 1. The van der Waals surface area contributed by atoms with Crippen LogP contribution in [-0.2, 0) is 10.0 Å². The fourth-order valence-electron chi connectivity index (χ4n) is 2.37. The molecule has 3 N–H and O–H groups in total. The molecule has 0 aliphatic rings. The average Bonchev–Trinajstić information content (AvgIpc) is 2.85. The van der Waals surface area contributed by atoms with Crippen LogP contribution < -0.4 is 10.5 Å². The summed E-state index contributed by atoms with van der Waals surface area (Å²) in [4.78, 5) is 16.7. The lowest BCUT2D eigenvalue weighted by molar-refractivity contribution is 0.102. The van der Waals surface area contributed by atoms with E-state index in [0.29, 0.717) is 11.3 Å². The van der Waals surface area contributed by atoms with Gasteiger partial charge in [0.25, 0.3) is 5.91 Å². The van der Waals surface area contributed by atoms with Gasteiger partial charge in [-0.25, -0.2) is 18.5 Å².